The predicted octanol–water partition coefficient (Wildman–Crippen LogP) is 2.76. The molecule has 2 aromatic heterocycles. The summed E-state index contributed by atoms with van der Waals surface area (Å²) in [5.74, 6) is 2.28. The van der Waals surface area contributed by atoms with Crippen LogP contribution >= 0.6 is 0 Å². The highest BCUT2D eigenvalue weighted by atomic mass is 15.2. The summed E-state index contributed by atoms with van der Waals surface area (Å²) >= 11 is 0. The second-order valence-electron chi connectivity index (χ2n) is 9.15. The van der Waals surface area contributed by atoms with Crippen molar-refractivity contribution in [1.82, 2.24) is 30.2 Å². The molecule has 0 bridgehead atoms. The van der Waals surface area contributed by atoms with E-state index >= 15 is 0 Å². The van der Waals surface area contributed by atoms with E-state index < -0.39 is 0 Å². The average molecular weight is 450 g/mol. The monoisotopic (exact) mass is 449 g/mol. The van der Waals surface area contributed by atoms with Crippen LogP contribution in [0.3, 0.4) is 0 Å². The number of aromatic nitrogens is 4. The van der Waals surface area contributed by atoms with Gasteiger partial charge in [-0.3, -0.25) is 0 Å². The van der Waals surface area contributed by atoms with E-state index in [9.17, 15) is 0 Å². The van der Waals surface area contributed by atoms with Crippen molar-refractivity contribution in [3.05, 3.63) is 24.4 Å². The first-order chi connectivity index (χ1) is 16.2. The van der Waals surface area contributed by atoms with Crippen molar-refractivity contribution in [2.45, 2.75) is 32.2 Å². The summed E-state index contributed by atoms with van der Waals surface area (Å²) in [4.78, 5) is 22.6. The van der Waals surface area contributed by atoms with Gasteiger partial charge in [0.1, 0.15) is 11.6 Å². The Hall–Kier alpha value is -2.91. The quantitative estimate of drug-likeness (QED) is 0.437. The van der Waals surface area contributed by atoms with Crippen molar-refractivity contribution in [2.75, 3.05) is 68.4 Å². The van der Waals surface area contributed by atoms with Crippen LogP contribution in [0, 0.1) is 0 Å². The minimum absolute atomic E-state index is 0.347. The van der Waals surface area contributed by atoms with E-state index in [0.29, 0.717) is 12.0 Å². The van der Waals surface area contributed by atoms with Crippen LogP contribution in [0.25, 0.3) is 22.4 Å². The van der Waals surface area contributed by atoms with Crippen LogP contribution in [-0.4, -0.2) is 83.7 Å². The Balaban J connectivity index is 1.44. The van der Waals surface area contributed by atoms with Gasteiger partial charge < -0.3 is 30.7 Å². The molecule has 2 aliphatic heterocycles. The standard InChI is InChI=1S/C24H35N9/c1-3-8-26-24-27-16-19(22(31-24)28-17-5-4-9-25-15-17)23-29-20-7-6-18(14-21(20)30-23)33-12-10-32(2)11-13-33/h6-7,14,16-17,25H,3-5,8-13,15H2,1-2H3,(H,29,30)(H2,26,27,28,31). The van der Waals surface area contributed by atoms with Crippen LogP contribution in [0.5, 0.6) is 0 Å². The van der Waals surface area contributed by atoms with Gasteiger partial charge in [0.25, 0.3) is 0 Å². The van der Waals surface area contributed by atoms with Gasteiger partial charge in [0.2, 0.25) is 5.95 Å². The lowest BCUT2D eigenvalue weighted by Gasteiger charge is -2.34. The minimum Gasteiger partial charge on any atom is -0.369 e. The summed E-state index contributed by atoms with van der Waals surface area (Å²) in [6.07, 6.45) is 5.20. The Bertz CT molecular complexity index is 1060. The zero-order valence-corrected chi connectivity index (χ0v) is 19.7. The Morgan fingerprint density at radius 1 is 1.15 bits per heavy atom. The first-order valence-corrected chi connectivity index (χ1v) is 12.2. The molecule has 1 aromatic carbocycles. The number of hydrogen-bond donors (Lipinski definition) is 4. The predicted molar refractivity (Wildman–Crippen MR) is 135 cm³/mol. The molecule has 9 nitrogen and oxygen atoms in total. The second-order valence-corrected chi connectivity index (χ2v) is 9.15. The van der Waals surface area contributed by atoms with Gasteiger partial charge >= 0.3 is 0 Å². The summed E-state index contributed by atoms with van der Waals surface area (Å²) in [5.41, 5.74) is 4.14. The highest BCUT2D eigenvalue weighted by molar-refractivity contribution is 5.84. The third kappa shape index (κ3) is 5.04. The normalized spacial score (nSPS) is 19.7. The summed E-state index contributed by atoms with van der Waals surface area (Å²) in [6, 6.07) is 6.86. The molecule has 2 aliphatic rings. The molecule has 176 valence electrons. The average Bonchev–Trinajstić information content (AvgIpc) is 3.27. The van der Waals surface area contributed by atoms with Gasteiger partial charge in [0.05, 0.1) is 16.6 Å². The summed E-state index contributed by atoms with van der Waals surface area (Å²) in [5, 5.41) is 10.4. The molecule has 2 saturated heterocycles. The van der Waals surface area contributed by atoms with E-state index in [2.05, 4.69) is 67.9 Å². The van der Waals surface area contributed by atoms with E-state index in [4.69, 9.17) is 9.97 Å². The number of H-pyrrole nitrogens is 1. The number of aromatic amines is 1. The highest BCUT2D eigenvalue weighted by Gasteiger charge is 2.20. The number of likely N-dealkylation sites (N-methyl/N-ethyl adjacent to an activating group) is 1. The number of piperidine rings is 1. The molecule has 2 fully saturated rings. The smallest absolute Gasteiger partial charge is 0.224 e. The maximum Gasteiger partial charge on any atom is 0.224 e. The topological polar surface area (TPSA) is 97.0 Å². The number of piperazine rings is 1. The van der Waals surface area contributed by atoms with Crippen LogP contribution in [0.4, 0.5) is 17.5 Å². The van der Waals surface area contributed by atoms with Gasteiger partial charge in [0, 0.05) is 57.2 Å². The molecule has 4 heterocycles. The maximum absolute atomic E-state index is 4.95. The summed E-state index contributed by atoms with van der Waals surface area (Å²) in [7, 11) is 2.18. The number of rotatable bonds is 7. The number of hydrogen-bond acceptors (Lipinski definition) is 8. The number of fused-ring (bicyclic) bond motifs is 1. The Kier molecular flexibility index (Phi) is 6.59. The molecular weight excluding hydrogens is 414 g/mol. The molecule has 1 atom stereocenters. The fourth-order valence-electron chi connectivity index (χ4n) is 4.54. The molecule has 0 saturated carbocycles. The van der Waals surface area contributed by atoms with Gasteiger partial charge in [-0.2, -0.15) is 4.98 Å². The van der Waals surface area contributed by atoms with E-state index in [1.165, 1.54) is 12.1 Å². The van der Waals surface area contributed by atoms with Crippen molar-refractivity contribution in [3.8, 4) is 11.4 Å². The number of nitrogens with zero attached hydrogens (tertiary/aromatic N) is 5. The Morgan fingerprint density at radius 3 is 2.82 bits per heavy atom. The highest BCUT2D eigenvalue weighted by Crippen LogP contribution is 2.29. The van der Waals surface area contributed by atoms with Crippen molar-refractivity contribution >= 4 is 28.5 Å². The van der Waals surface area contributed by atoms with E-state index in [0.717, 1.165) is 86.9 Å². The largest absolute Gasteiger partial charge is 0.369 e. The first-order valence-electron chi connectivity index (χ1n) is 12.2. The van der Waals surface area contributed by atoms with Crippen molar-refractivity contribution in [1.29, 1.82) is 0 Å². The van der Waals surface area contributed by atoms with Crippen molar-refractivity contribution in [3.63, 3.8) is 0 Å². The number of nitrogens with one attached hydrogen (secondary N) is 4. The van der Waals surface area contributed by atoms with Crippen LogP contribution < -0.4 is 20.9 Å². The van der Waals surface area contributed by atoms with Gasteiger partial charge in [-0.15, -0.1) is 0 Å². The van der Waals surface area contributed by atoms with E-state index in [1.54, 1.807) is 0 Å². The van der Waals surface area contributed by atoms with E-state index in [-0.39, 0.29) is 0 Å². The first kappa shape index (κ1) is 21.9. The fraction of sp³-hybridized carbons (Fsp3) is 0.542. The lowest BCUT2D eigenvalue weighted by Crippen LogP contribution is -2.44. The molecule has 5 rings (SSSR count). The molecule has 3 aromatic rings. The third-order valence-corrected chi connectivity index (χ3v) is 6.55. The van der Waals surface area contributed by atoms with Crippen molar-refractivity contribution < 1.29 is 0 Å². The SMILES string of the molecule is CCCNc1ncc(-c2nc3cc(N4CCN(C)CC4)ccc3[nH]2)c(NC2CCCNC2)n1. The molecule has 0 amide bonds. The fourth-order valence-corrected chi connectivity index (χ4v) is 4.54. The molecule has 0 radical (unpaired) electrons. The Morgan fingerprint density at radius 2 is 2.03 bits per heavy atom. The number of imidazole rings is 1. The Labute approximate surface area is 195 Å². The maximum atomic E-state index is 4.95. The van der Waals surface area contributed by atoms with Gasteiger partial charge in [-0.25, -0.2) is 9.97 Å². The molecule has 4 N–H and O–H groups in total. The summed E-state index contributed by atoms with van der Waals surface area (Å²) < 4.78 is 0. The molecule has 0 spiro atoms. The van der Waals surface area contributed by atoms with Crippen LogP contribution in [0.1, 0.15) is 26.2 Å². The molecule has 9 heteroatoms. The van der Waals surface area contributed by atoms with Gasteiger partial charge in [-0.05, 0) is 51.1 Å². The molecule has 33 heavy (non-hydrogen) atoms. The molecule has 0 aliphatic carbocycles. The number of benzene rings is 1. The molecular formula is C24H35N9. The van der Waals surface area contributed by atoms with Gasteiger partial charge in [-0.1, -0.05) is 6.92 Å². The minimum atomic E-state index is 0.347. The third-order valence-electron chi connectivity index (χ3n) is 6.55. The van der Waals surface area contributed by atoms with E-state index in [1.807, 2.05) is 6.20 Å². The lowest BCUT2D eigenvalue weighted by molar-refractivity contribution is 0.313. The zero-order chi connectivity index (χ0) is 22.6. The van der Waals surface area contributed by atoms with Crippen molar-refractivity contribution in [2.24, 2.45) is 0 Å². The van der Waals surface area contributed by atoms with Gasteiger partial charge in [0.15, 0.2) is 0 Å². The number of anilines is 3. The molecule has 1 unspecified atom stereocenters. The second kappa shape index (κ2) is 9.93. The van der Waals surface area contributed by atoms with Crippen LogP contribution in [0.2, 0.25) is 0 Å². The lowest BCUT2D eigenvalue weighted by atomic mass is 10.1. The van der Waals surface area contributed by atoms with Crippen LogP contribution in [-0.2, 0) is 0 Å². The summed E-state index contributed by atoms with van der Waals surface area (Å²) in [6.45, 7) is 9.27. The zero-order valence-electron chi connectivity index (χ0n) is 19.7. The van der Waals surface area contributed by atoms with Crippen LogP contribution in [0.15, 0.2) is 24.4 Å².